The molecule has 1 atom stereocenters. The summed E-state index contributed by atoms with van der Waals surface area (Å²) in [5.74, 6) is 0. The Morgan fingerprint density at radius 2 is 1.26 bits per heavy atom. The quantitative estimate of drug-likeness (QED) is 0.423. The third-order valence-corrected chi connectivity index (χ3v) is 3.61. The minimum Gasteiger partial charge on any atom is -0.392 e. The van der Waals surface area contributed by atoms with Crippen LogP contribution in [0.3, 0.4) is 0 Å². The predicted octanol–water partition coefficient (Wildman–Crippen LogP) is 4.79. The van der Waals surface area contributed by atoms with Gasteiger partial charge in [-0.3, -0.25) is 0 Å². The average Bonchev–Trinajstić information content (AvgIpc) is 2.50. The second-order valence-corrected chi connectivity index (χ2v) is 5.49. The molecule has 0 spiro atoms. The third-order valence-electron chi connectivity index (χ3n) is 3.61. The van der Waals surface area contributed by atoms with Crippen LogP contribution in [0.25, 0.3) is 0 Å². The van der Waals surface area contributed by atoms with E-state index in [-0.39, 0.29) is 12.5 Å². The highest BCUT2D eigenvalue weighted by Crippen LogP contribution is 2.13. The summed E-state index contributed by atoms with van der Waals surface area (Å²) in [5, 5.41) is 9.33. The van der Waals surface area contributed by atoms with Crippen LogP contribution < -0.4 is 5.73 Å². The van der Waals surface area contributed by atoms with E-state index in [4.69, 9.17) is 12.6 Å². The van der Waals surface area contributed by atoms with Gasteiger partial charge in [-0.05, 0) is 6.42 Å². The third kappa shape index (κ3) is 15.9. The van der Waals surface area contributed by atoms with Gasteiger partial charge in [0.1, 0.15) is 0 Å². The van der Waals surface area contributed by atoms with E-state index in [1.807, 2.05) is 0 Å². The fourth-order valence-electron chi connectivity index (χ4n) is 2.30. The molecule has 0 aromatic carbocycles. The van der Waals surface area contributed by atoms with Gasteiger partial charge in [0.2, 0.25) is 0 Å². The van der Waals surface area contributed by atoms with Crippen LogP contribution in [0.1, 0.15) is 104 Å². The van der Waals surface area contributed by atoms with Crippen LogP contribution in [0, 0.1) is 0 Å². The van der Waals surface area contributed by atoms with Crippen molar-refractivity contribution in [2.75, 3.05) is 6.54 Å². The summed E-state index contributed by atoms with van der Waals surface area (Å²) in [6, 6.07) is 0. The summed E-state index contributed by atoms with van der Waals surface area (Å²) < 4.78 is 36.5. The van der Waals surface area contributed by atoms with Crippen LogP contribution in [-0.2, 0) is 0 Å². The molecule has 0 aliphatic carbocycles. The second kappa shape index (κ2) is 16.0. The highest BCUT2D eigenvalue weighted by atomic mass is 16.3. The Kier molecular flexibility index (Phi) is 9.72. The maximum atomic E-state index is 9.33. The summed E-state index contributed by atoms with van der Waals surface area (Å²) in [6.45, 7) is -2.14. The normalized spacial score (nSPS) is 18.1. The summed E-state index contributed by atoms with van der Waals surface area (Å²) in [5.41, 5.74) is 5.36. The van der Waals surface area contributed by atoms with Gasteiger partial charge < -0.3 is 10.8 Å². The lowest BCUT2D eigenvalue weighted by molar-refractivity contribution is 0.168. The first kappa shape index (κ1) is 11.6. The van der Waals surface area contributed by atoms with Gasteiger partial charge in [0.25, 0.3) is 0 Å². The number of unbranched alkanes of at least 4 members (excludes halogenated alkanes) is 10. The molecule has 2 nitrogen and oxygen atoms in total. The molecule has 0 heterocycles. The number of hydrogen-bond donors (Lipinski definition) is 2. The monoisotopic (exact) mass is 276 g/mol. The van der Waals surface area contributed by atoms with Crippen LogP contribution in [0.4, 0.5) is 0 Å². The van der Waals surface area contributed by atoms with E-state index in [9.17, 15) is 5.11 Å². The Hall–Kier alpha value is -0.0800. The molecule has 0 radical (unpaired) electrons. The topological polar surface area (TPSA) is 46.2 Å². The summed E-state index contributed by atoms with van der Waals surface area (Å²) >= 11 is 0. The van der Waals surface area contributed by atoms with Crippen molar-refractivity contribution in [2.24, 2.45) is 5.73 Å². The Labute approximate surface area is 128 Å². The van der Waals surface area contributed by atoms with Gasteiger partial charge in [0.15, 0.2) is 0 Å². The van der Waals surface area contributed by atoms with Crippen LogP contribution in [-0.4, -0.2) is 17.8 Å². The molecule has 0 aromatic heterocycles. The van der Waals surface area contributed by atoms with Crippen LogP contribution in [0.2, 0.25) is 0 Å². The van der Waals surface area contributed by atoms with Crippen molar-refractivity contribution in [3.63, 3.8) is 0 Å². The molecule has 0 saturated heterocycles. The zero-order chi connectivity index (χ0) is 18.5. The van der Waals surface area contributed by atoms with Crippen molar-refractivity contribution < 1.29 is 12.0 Å². The van der Waals surface area contributed by atoms with E-state index in [0.29, 0.717) is 13.0 Å². The molecule has 19 heavy (non-hydrogen) atoms. The molecule has 0 unspecified atom stereocenters. The van der Waals surface area contributed by atoms with Crippen LogP contribution >= 0.6 is 0 Å². The van der Waals surface area contributed by atoms with Gasteiger partial charge in [0.05, 0.1) is 6.10 Å². The van der Waals surface area contributed by atoms with Crippen molar-refractivity contribution in [1.82, 2.24) is 0 Å². The van der Waals surface area contributed by atoms with Crippen molar-refractivity contribution in [3.05, 3.63) is 0 Å². The van der Waals surface area contributed by atoms with Crippen molar-refractivity contribution >= 4 is 0 Å². The fourth-order valence-corrected chi connectivity index (χ4v) is 2.30. The van der Waals surface area contributed by atoms with Gasteiger partial charge in [-0.15, -0.1) is 0 Å². The fraction of sp³-hybridized carbons (Fsp3) is 1.00. The van der Waals surface area contributed by atoms with Gasteiger partial charge in [-0.25, -0.2) is 0 Å². The van der Waals surface area contributed by atoms with E-state index < -0.39 is 13.2 Å². The highest BCUT2D eigenvalue weighted by molar-refractivity contribution is 4.56. The lowest BCUT2D eigenvalue weighted by Gasteiger charge is -2.06. The highest BCUT2D eigenvalue weighted by Gasteiger charge is 1.99. The average molecular weight is 277 g/mol. The Morgan fingerprint density at radius 1 is 0.842 bits per heavy atom. The Morgan fingerprint density at radius 3 is 1.68 bits per heavy atom. The summed E-state index contributed by atoms with van der Waals surface area (Å²) in [6.07, 6.45) is 10.7. The molecule has 0 saturated carbocycles. The van der Waals surface area contributed by atoms with Gasteiger partial charge >= 0.3 is 0 Å². The standard InChI is InChI=1S/C17H37NO/c1-2-3-4-5-6-7-8-9-10-11-12-13-14-15-17(19)16-18/h17,19H,2-16,18H2,1H3/t17-/m1/s1/i1D3,2D2. The molecule has 0 amide bonds. The zero-order valence-corrected chi connectivity index (χ0v) is 12.5. The van der Waals surface area contributed by atoms with E-state index in [2.05, 4.69) is 0 Å². The van der Waals surface area contributed by atoms with Crippen molar-refractivity contribution in [1.29, 1.82) is 0 Å². The van der Waals surface area contributed by atoms with Gasteiger partial charge in [0, 0.05) is 13.4 Å². The predicted molar refractivity (Wildman–Crippen MR) is 85.4 cm³/mol. The van der Waals surface area contributed by atoms with E-state index in [1.165, 1.54) is 38.5 Å². The first-order chi connectivity index (χ1) is 11.2. The zero-order valence-electron chi connectivity index (χ0n) is 17.5. The molecule has 0 aromatic rings. The number of aliphatic hydroxyl groups excluding tert-OH is 1. The van der Waals surface area contributed by atoms with E-state index in [0.717, 1.165) is 32.1 Å². The molecule has 0 aliphatic heterocycles. The molecular weight excluding hydrogens is 234 g/mol. The van der Waals surface area contributed by atoms with Crippen LogP contribution in [0.15, 0.2) is 0 Å². The second-order valence-electron chi connectivity index (χ2n) is 5.49. The van der Waals surface area contributed by atoms with Crippen molar-refractivity contribution in [3.8, 4) is 0 Å². The SMILES string of the molecule is [2H]C([2H])([2H])C([2H])([2H])CCCCCCCCCCCCC[C@@H](O)CN. The largest absolute Gasteiger partial charge is 0.392 e. The maximum absolute atomic E-state index is 9.33. The minimum atomic E-state index is -2.50. The Bertz CT molecular complexity index is 297. The summed E-state index contributed by atoms with van der Waals surface area (Å²) in [4.78, 5) is 0. The molecule has 116 valence electrons. The number of hydrogen-bond acceptors (Lipinski definition) is 2. The Balaban J connectivity index is 3.29. The lowest BCUT2D eigenvalue weighted by Crippen LogP contribution is -2.19. The minimum absolute atomic E-state index is 0.127. The molecule has 0 bridgehead atoms. The molecule has 3 N–H and O–H groups in total. The number of rotatable bonds is 15. The molecular formula is C17H37NO. The molecule has 0 rings (SSSR count). The first-order valence-electron chi connectivity index (χ1n) is 10.6. The first-order valence-corrected chi connectivity index (χ1v) is 8.09. The van der Waals surface area contributed by atoms with E-state index in [1.54, 1.807) is 0 Å². The van der Waals surface area contributed by atoms with E-state index >= 15 is 0 Å². The molecule has 2 heteroatoms. The maximum Gasteiger partial charge on any atom is 0.0662 e. The smallest absolute Gasteiger partial charge is 0.0662 e. The molecule has 0 aliphatic rings. The number of aliphatic hydroxyl groups is 1. The van der Waals surface area contributed by atoms with Gasteiger partial charge in [-0.2, -0.15) is 0 Å². The van der Waals surface area contributed by atoms with Crippen molar-refractivity contribution in [2.45, 2.75) is 103 Å². The molecule has 0 fully saturated rings. The summed E-state index contributed by atoms with van der Waals surface area (Å²) in [7, 11) is 0. The number of nitrogens with two attached hydrogens (primary N) is 1. The van der Waals surface area contributed by atoms with Crippen LogP contribution in [0.5, 0.6) is 0 Å². The lowest BCUT2D eigenvalue weighted by atomic mass is 10.0. The van der Waals surface area contributed by atoms with Gasteiger partial charge in [-0.1, -0.05) is 90.3 Å².